The molecule has 13 nitrogen and oxygen atoms in total. The fourth-order valence-corrected chi connectivity index (χ4v) is 5.49. The van der Waals surface area contributed by atoms with E-state index in [0.717, 1.165) is 44.4 Å². The second-order valence-electron chi connectivity index (χ2n) is 8.75. The van der Waals surface area contributed by atoms with E-state index in [0.29, 0.717) is 17.1 Å². The Morgan fingerprint density at radius 2 is 1.54 bits per heavy atom. The Morgan fingerprint density at radius 1 is 0.927 bits per heavy atom. The number of hydrogen-bond acceptors (Lipinski definition) is 14. The third-order valence-electron chi connectivity index (χ3n) is 5.77. The van der Waals surface area contributed by atoms with Gasteiger partial charge in [-0.3, -0.25) is 28.9 Å². The molecule has 222 valence electrons. The third-order valence-corrected chi connectivity index (χ3v) is 7.10. The van der Waals surface area contributed by atoms with Gasteiger partial charge in [0.1, 0.15) is 24.2 Å². The van der Waals surface area contributed by atoms with E-state index in [9.17, 15) is 24.0 Å². The number of carbonyl (C=O) groups is 5. The molecule has 0 saturated carbocycles. The lowest BCUT2D eigenvalue weighted by Gasteiger charge is -2.46. The molecule has 0 aliphatic carbocycles. The third kappa shape index (κ3) is 7.74. The maximum Gasteiger partial charge on any atom is 0.303 e. The Morgan fingerprint density at radius 3 is 2.10 bits per heavy atom. The minimum Gasteiger partial charge on any atom is -0.497 e. The summed E-state index contributed by atoms with van der Waals surface area (Å²) in [5.41, 5.74) is 0.551. The van der Waals surface area contributed by atoms with Gasteiger partial charge in [-0.25, -0.2) is 0 Å². The average Bonchev–Trinajstić information content (AvgIpc) is 3.16. The fourth-order valence-electron chi connectivity index (χ4n) is 4.19. The summed E-state index contributed by atoms with van der Waals surface area (Å²) < 4.78 is 38.1. The Hall–Kier alpha value is -3.69. The molecule has 41 heavy (non-hydrogen) atoms. The number of thiocarbonyl (C=S) groups is 1. The monoisotopic (exact) mass is 611 g/mol. The van der Waals surface area contributed by atoms with Crippen LogP contribution >= 0.6 is 24.0 Å². The van der Waals surface area contributed by atoms with E-state index in [1.54, 1.807) is 24.3 Å². The van der Waals surface area contributed by atoms with Crippen LogP contribution in [0.15, 0.2) is 23.1 Å². The predicted molar refractivity (Wildman–Crippen MR) is 147 cm³/mol. The first-order valence-electron chi connectivity index (χ1n) is 12.2. The summed E-state index contributed by atoms with van der Waals surface area (Å²) >= 11 is 6.46. The molecular weight excluding hydrogens is 582 g/mol. The summed E-state index contributed by atoms with van der Waals surface area (Å²) in [6.07, 6.45) is -5.43. The lowest BCUT2D eigenvalue weighted by Crippen LogP contribution is -2.66. The zero-order chi connectivity index (χ0) is 30.4. The van der Waals surface area contributed by atoms with Gasteiger partial charge >= 0.3 is 23.9 Å². The van der Waals surface area contributed by atoms with Crippen LogP contribution in [-0.2, 0) is 47.7 Å². The highest BCUT2D eigenvalue weighted by Gasteiger charge is 2.56. The topological polar surface area (TPSA) is 153 Å². The molecule has 5 atom stereocenters. The van der Waals surface area contributed by atoms with Crippen LogP contribution in [-0.4, -0.2) is 90.5 Å². The van der Waals surface area contributed by atoms with Gasteiger partial charge in [-0.05, 0) is 18.2 Å². The van der Waals surface area contributed by atoms with Crippen molar-refractivity contribution in [3.63, 3.8) is 0 Å². The number of ether oxygens (including phenoxy) is 7. The van der Waals surface area contributed by atoms with E-state index in [-0.39, 0.29) is 9.23 Å². The number of carbonyl (C=O) groups excluding carboxylic acids is 5. The standard InChI is InChI=1S/C26H29NO12S2/c1-12(28)35-11-19-21(36-13(2)29)22(37-14(3)30)23(38-15(4)31)25(39-19)27-24(32)20(41-26(27)40)9-16-7-8-17(33-5)10-18(16)34-6/h7-10,19,21-23,25H,11H2,1-6H3/b20-9+/t19-,21+,22-,23+,25-/m1/s1. The van der Waals surface area contributed by atoms with Crippen LogP contribution in [0.3, 0.4) is 0 Å². The van der Waals surface area contributed by atoms with Crippen LogP contribution in [0.25, 0.3) is 6.08 Å². The summed E-state index contributed by atoms with van der Waals surface area (Å²) in [5.74, 6) is -2.67. The SMILES string of the molecule is COc1ccc(/C=C2/SC(=S)N([C@@H]3O[C@H](COC(C)=O)[C@H](OC(C)=O)[C@@H](OC(C)=O)[C@@H]3OC(C)=O)C2=O)c(OC)c1. The molecule has 2 saturated heterocycles. The van der Waals surface area contributed by atoms with Crippen LogP contribution in [0.1, 0.15) is 33.3 Å². The van der Waals surface area contributed by atoms with Crippen molar-refractivity contribution >= 4 is 64.2 Å². The van der Waals surface area contributed by atoms with Gasteiger partial charge in [-0.15, -0.1) is 0 Å². The largest absolute Gasteiger partial charge is 0.497 e. The van der Waals surface area contributed by atoms with E-state index in [1.807, 2.05) is 0 Å². The van der Waals surface area contributed by atoms with Gasteiger partial charge in [-0.2, -0.15) is 0 Å². The Labute approximate surface area is 245 Å². The van der Waals surface area contributed by atoms with Gasteiger partial charge < -0.3 is 33.2 Å². The first-order chi connectivity index (χ1) is 19.4. The molecule has 2 aliphatic heterocycles. The number of thioether (sulfide) groups is 1. The molecule has 3 rings (SSSR count). The van der Waals surface area contributed by atoms with Crippen molar-refractivity contribution < 1.29 is 57.1 Å². The molecule has 0 N–H and O–H groups in total. The highest BCUT2D eigenvalue weighted by molar-refractivity contribution is 8.26. The van der Waals surface area contributed by atoms with Gasteiger partial charge in [0, 0.05) is 39.3 Å². The molecule has 2 heterocycles. The van der Waals surface area contributed by atoms with Crippen LogP contribution in [0.5, 0.6) is 11.5 Å². The maximum atomic E-state index is 13.7. The maximum absolute atomic E-state index is 13.7. The van der Waals surface area contributed by atoms with Crippen molar-refractivity contribution in [2.45, 2.75) is 58.3 Å². The van der Waals surface area contributed by atoms with E-state index in [2.05, 4.69) is 0 Å². The van der Waals surface area contributed by atoms with Crippen molar-refractivity contribution in [2.75, 3.05) is 20.8 Å². The molecule has 15 heteroatoms. The van der Waals surface area contributed by atoms with Crippen molar-refractivity contribution in [1.82, 2.24) is 4.90 Å². The molecule has 1 aromatic rings. The predicted octanol–water partition coefficient (Wildman–Crippen LogP) is 1.99. The summed E-state index contributed by atoms with van der Waals surface area (Å²) in [4.78, 5) is 62.8. The number of esters is 4. The van der Waals surface area contributed by atoms with Crippen LogP contribution in [0, 0.1) is 0 Å². The molecule has 2 fully saturated rings. The van der Waals surface area contributed by atoms with Gasteiger partial charge in [0.25, 0.3) is 5.91 Å². The highest BCUT2D eigenvalue weighted by atomic mass is 32.2. The minimum absolute atomic E-state index is 0.0367. The van der Waals surface area contributed by atoms with Crippen molar-refractivity contribution in [1.29, 1.82) is 0 Å². The number of amides is 1. The number of methoxy groups -OCH3 is 2. The second-order valence-corrected chi connectivity index (χ2v) is 10.4. The molecule has 0 spiro atoms. The minimum atomic E-state index is -1.48. The number of nitrogens with zero attached hydrogens (tertiary/aromatic N) is 1. The molecule has 0 radical (unpaired) electrons. The van der Waals surface area contributed by atoms with Gasteiger partial charge in [-0.1, -0.05) is 24.0 Å². The lowest BCUT2D eigenvalue weighted by atomic mass is 9.96. The fraction of sp³-hybridized carbons (Fsp3) is 0.462. The quantitative estimate of drug-likeness (QED) is 0.173. The Bertz CT molecular complexity index is 1260. The van der Waals surface area contributed by atoms with E-state index in [1.165, 1.54) is 14.2 Å². The number of benzene rings is 1. The van der Waals surface area contributed by atoms with Crippen molar-refractivity contribution in [3.8, 4) is 11.5 Å². The molecule has 0 bridgehead atoms. The van der Waals surface area contributed by atoms with E-state index in [4.69, 9.17) is 45.4 Å². The summed E-state index contributed by atoms with van der Waals surface area (Å²) in [5, 5.41) is 0. The molecule has 0 aromatic heterocycles. The van der Waals surface area contributed by atoms with Crippen molar-refractivity contribution in [3.05, 3.63) is 28.7 Å². The smallest absolute Gasteiger partial charge is 0.303 e. The van der Waals surface area contributed by atoms with Crippen LogP contribution < -0.4 is 9.47 Å². The van der Waals surface area contributed by atoms with E-state index < -0.39 is 67.0 Å². The van der Waals surface area contributed by atoms with Crippen LogP contribution in [0.4, 0.5) is 0 Å². The number of rotatable bonds is 9. The first-order valence-corrected chi connectivity index (χ1v) is 13.4. The zero-order valence-electron chi connectivity index (χ0n) is 23.1. The number of hydrogen-bond donors (Lipinski definition) is 0. The molecular formula is C26H29NO12S2. The van der Waals surface area contributed by atoms with Crippen LogP contribution in [0.2, 0.25) is 0 Å². The summed E-state index contributed by atoms with van der Waals surface area (Å²) in [6.45, 7) is 4.04. The summed E-state index contributed by atoms with van der Waals surface area (Å²) in [7, 11) is 2.97. The normalized spacial score (nSPS) is 25.0. The molecule has 1 aromatic carbocycles. The Balaban J connectivity index is 2.07. The van der Waals surface area contributed by atoms with Gasteiger partial charge in [0.15, 0.2) is 28.9 Å². The molecule has 0 unspecified atom stereocenters. The zero-order valence-corrected chi connectivity index (χ0v) is 24.7. The highest BCUT2D eigenvalue weighted by Crippen LogP contribution is 2.40. The average molecular weight is 612 g/mol. The summed E-state index contributed by atoms with van der Waals surface area (Å²) in [6, 6.07) is 5.03. The Kier molecular flexibility index (Phi) is 10.7. The van der Waals surface area contributed by atoms with E-state index >= 15 is 0 Å². The first kappa shape index (κ1) is 31.8. The van der Waals surface area contributed by atoms with Crippen molar-refractivity contribution in [2.24, 2.45) is 0 Å². The molecule has 2 aliphatic rings. The van der Waals surface area contributed by atoms with Gasteiger partial charge in [0.05, 0.1) is 19.1 Å². The second kappa shape index (κ2) is 13.8. The van der Waals surface area contributed by atoms with Gasteiger partial charge in [0.2, 0.25) is 0 Å². The molecule has 1 amide bonds. The lowest BCUT2D eigenvalue weighted by molar-refractivity contribution is -0.268.